The van der Waals surface area contributed by atoms with E-state index in [0.29, 0.717) is 41.8 Å². The van der Waals surface area contributed by atoms with Gasteiger partial charge in [-0.15, -0.1) is 0 Å². The van der Waals surface area contributed by atoms with Crippen LogP contribution >= 0.6 is 11.6 Å². The average Bonchev–Trinajstić information content (AvgIpc) is 2.93. The van der Waals surface area contributed by atoms with E-state index in [1.165, 1.54) is 6.20 Å². The third-order valence-corrected chi connectivity index (χ3v) is 4.45. The number of halogens is 1. The van der Waals surface area contributed by atoms with Crippen molar-refractivity contribution in [3.8, 4) is 0 Å². The van der Waals surface area contributed by atoms with Crippen molar-refractivity contribution in [2.45, 2.75) is 31.7 Å². The third kappa shape index (κ3) is 2.78. The van der Waals surface area contributed by atoms with E-state index in [0.717, 1.165) is 0 Å². The number of nitrogens with zero attached hydrogens (tertiary/aromatic N) is 2. The Balaban J connectivity index is 1.71. The summed E-state index contributed by atoms with van der Waals surface area (Å²) in [7, 11) is 0. The van der Waals surface area contributed by atoms with Gasteiger partial charge in [-0.3, -0.25) is 9.59 Å². The second-order valence-corrected chi connectivity index (χ2v) is 5.97. The molecule has 1 fully saturated rings. The number of fused-ring (bicyclic) bond motifs is 1. The van der Waals surface area contributed by atoms with Gasteiger partial charge in [0.2, 0.25) is 0 Å². The van der Waals surface area contributed by atoms with Crippen molar-refractivity contribution in [3.05, 3.63) is 35.1 Å². The molecule has 1 aliphatic rings. The number of aromatic nitrogens is 2. The Kier molecular flexibility index (Phi) is 4.02. The molecule has 0 saturated heterocycles. The fraction of sp³-hybridized carbons (Fsp3) is 0.400. The maximum absolute atomic E-state index is 12.4. The predicted molar refractivity (Wildman–Crippen MR) is 81.1 cm³/mol. The van der Waals surface area contributed by atoms with Crippen LogP contribution in [0.4, 0.5) is 0 Å². The van der Waals surface area contributed by atoms with Crippen LogP contribution in [0.15, 0.2) is 24.5 Å². The number of nitrogens with one attached hydrogen (secondary N) is 1. The molecule has 2 aromatic heterocycles. The number of carboxylic acids is 1. The van der Waals surface area contributed by atoms with Gasteiger partial charge in [0.05, 0.1) is 28.2 Å². The Bertz CT molecular complexity index is 720. The van der Waals surface area contributed by atoms with E-state index in [2.05, 4.69) is 10.4 Å². The number of carbonyl (C=O) groups is 2. The summed E-state index contributed by atoms with van der Waals surface area (Å²) in [4.78, 5) is 23.4. The second kappa shape index (κ2) is 5.96. The lowest BCUT2D eigenvalue weighted by atomic mass is 9.86. The molecule has 0 aromatic carbocycles. The molecule has 3 rings (SSSR count). The normalized spacial score (nSPS) is 21.7. The van der Waals surface area contributed by atoms with E-state index >= 15 is 0 Å². The summed E-state index contributed by atoms with van der Waals surface area (Å²) < 4.78 is 1.57. The van der Waals surface area contributed by atoms with Gasteiger partial charge < -0.3 is 10.4 Å². The van der Waals surface area contributed by atoms with Crippen LogP contribution in [0.25, 0.3) is 5.52 Å². The van der Waals surface area contributed by atoms with Gasteiger partial charge >= 0.3 is 5.97 Å². The second-order valence-electron chi connectivity index (χ2n) is 5.57. The monoisotopic (exact) mass is 321 g/mol. The van der Waals surface area contributed by atoms with Crippen molar-refractivity contribution in [3.63, 3.8) is 0 Å². The highest BCUT2D eigenvalue weighted by Crippen LogP contribution is 2.25. The smallest absolute Gasteiger partial charge is 0.306 e. The Morgan fingerprint density at radius 2 is 2.05 bits per heavy atom. The van der Waals surface area contributed by atoms with Gasteiger partial charge in [0.1, 0.15) is 0 Å². The molecule has 0 unspecified atom stereocenters. The molecule has 2 heterocycles. The standard InChI is InChI=1S/C15H16ClN3O3/c16-12-2-1-7-19-13(12)11(8-17-19)14(20)18-10-5-3-9(4-6-10)15(21)22/h1-2,7-10H,3-6H2,(H,18,20)(H,21,22). The highest BCUT2D eigenvalue weighted by Gasteiger charge is 2.27. The molecule has 0 aliphatic heterocycles. The summed E-state index contributed by atoms with van der Waals surface area (Å²) in [5.41, 5.74) is 1.02. The number of aliphatic carboxylic acids is 1. The highest BCUT2D eigenvalue weighted by atomic mass is 35.5. The molecule has 1 aliphatic carbocycles. The lowest BCUT2D eigenvalue weighted by Crippen LogP contribution is -2.38. The number of hydrogen-bond donors (Lipinski definition) is 2. The molecule has 22 heavy (non-hydrogen) atoms. The number of pyridine rings is 1. The molecule has 0 atom stereocenters. The molecule has 7 heteroatoms. The summed E-state index contributed by atoms with van der Waals surface area (Å²) in [6.07, 6.45) is 5.77. The summed E-state index contributed by atoms with van der Waals surface area (Å²) in [6, 6.07) is 3.48. The summed E-state index contributed by atoms with van der Waals surface area (Å²) >= 11 is 6.14. The predicted octanol–water partition coefficient (Wildman–Crippen LogP) is 2.36. The Labute approximate surface area is 132 Å². The Morgan fingerprint density at radius 3 is 2.73 bits per heavy atom. The first kappa shape index (κ1) is 14.8. The van der Waals surface area contributed by atoms with Crippen LogP contribution in [0.1, 0.15) is 36.0 Å². The zero-order valence-corrected chi connectivity index (χ0v) is 12.6. The Hall–Kier alpha value is -2.08. The van der Waals surface area contributed by atoms with Crippen LogP contribution in [0.2, 0.25) is 5.02 Å². The third-order valence-electron chi connectivity index (χ3n) is 4.15. The van der Waals surface area contributed by atoms with Crippen molar-refractivity contribution in [1.29, 1.82) is 0 Å². The maximum Gasteiger partial charge on any atom is 0.306 e. The first-order valence-electron chi connectivity index (χ1n) is 7.22. The van der Waals surface area contributed by atoms with Crippen LogP contribution in [-0.4, -0.2) is 32.6 Å². The van der Waals surface area contributed by atoms with Crippen molar-refractivity contribution in [2.75, 3.05) is 0 Å². The van der Waals surface area contributed by atoms with Crippen LogP contribution in [0, 0.1) is 5.92 Å². The number of hydrogen-bond acceptors (Lipinski definition) is 3. The molecule has 2 aromatic rings. The van der Waals surface area contributed by atoms with Crippen LogP contribution in [0.3, 0.4) is 0 Å². The van der Waals surface area contributed by atoms with Gasteiger partial charge in [-0.2, -0.15) is 5.10 Å². The van der Waals surface area contributed by atoms with Gasteiger partial charge in [-0.1, -0.05) is 11.6 Å². The minimum absolute atomic E-state index is 0.000498. The van der Waals surface area contributed by atoms with Crippen LogP contribution in [0.5, 0.6) is 0 Å². The van der Waals surface area contributed by atoms with E-state index in [9.17, 15) is 9.59 Å². The van der Waals surface area contributed by atoms with Crippen molar-refractivity contribution in [1.82, 2.24) is 14.9 Å². The zero-order chi connectivity index (χ0) is 15.7. The SMILES string of the molecule is O=C(NC1CCC(C(=O)O)CC1)c1cnn2cccc(Cl)c12. The van der Waals surface area contributed by atoms with E-state index in [1.807, 2.05) is 0 Å². The quantitative estimate of drug-likeness (QED) is 0.909. The maximum atomic E-state index is 12.4. The molecule has 1 amide bonds. The minimum atomic E-state index is -0.751. The van der Waals surface area contributed by atoms with Gasteiger partial charge in [-0.05, 0) is 37.8 Å². The summed E-state index contributed by atoms with van der Waals surface area (Å²) in [6.45, 7) is 0. The van der Waals surface area contributed by atoms with Gasteiger partial charge in [0.15, 0.2) is 0 Å². The highest BCUT2D eigenvalue weighted by molar-refractivity contribution is 6.34. The molecule has 0 radical (unpaired) electrons. The van der Waals surface area contributed by atoms with Crippen molar-refractivity contribution in [2.24, 2.45) is 5.92 Å². The summed E-state index contributed by atoms with van der Waals surface area (Å²) in [5, 5.41) is 16.5. The molecule has 0 spiro atoms. The van der Waals surface area contributed by atoms with Crippen LogP contribution < -0.4 is 5.32 Å². The van der Waals surface area contributed by atoms with E-state index < -0.39 is 5.97 Å². The fourth-order valence-electron chi connectivity index (χ4n) is 2.92. The fourth-order valence-corrected chi connectivity index (χ4v) is 3.18. The Morgan fingerprint density at radius 1 is 1.32 bits per heavy atom. The lowest BCUT2D eigenvalue weighted by Gasteiger charge is -2.26. The largest absolute Gasteiger partial charge is 0.481 e. The number of rotatable bonds is 3. The van der Waals surface area contributed by atoms with E-state index in [1.54, 1.807) is 22.8 Å². The average molecular weight is 322 g/mol. The molecule has 0 bridgehead atoms. The molecule has 1 saturated carbocycles. The van der Waals surface area contributed by atoms with Crippen molar-refractivity contribution >= 4 is 29.0 Å². The number of carboxylic acid groups (broad SMARTS) is 1. The number of carbonyl (C=O) groups excluding carboxylic acids is 1. The minimum Gasteiger partial charge on any atom is -0.481 e. The topological polar surface area (TPSA) is 83.7 Å². The molecule has 2 N–H and O–H groups in total. The van der Waals surface area contributed by atoms with E-state index in [4.69, 9.17) is 16.7 Å². The lowest BCUT2D eigenvalue weighted by molar-refractivity contribution is -0.142. The first-order chi connectivity index (χ1) is 10.6. The molecule has 116 valence electrons. The van der Waals surface area contributed by atoms with Crippen LogP contribution in [-0.2, 0) is 4.79 Å². The van der Waals surface area contributed by atoms with Gasteiger partial charge in [-0.25, -0.2) is 4.52 Å². The summed E-state index contributed by atoms with van der Waals surface area (Å²) in [5.74, 6) is -1.26. The molecular formula is C15H16ClN3O3. The van der Waals surface area contributed by atoms with Gasteiger partial charge in [0, 0.05) is 12.2 Å². The zero-order valence-electron chi connectivity index (χ0n) is 11.8. The molecule has 6 nitrogen and oxygen atoms in total. The first-order valence-corrected chi connectivity index (χ1v) is 7.59. The van der Waals surface area contributed by atoms with Gasteiger partial charge in [0.25, 0.3) is 5.91 Å². The molecular weight excluding hydrogens is 306 g/mol. The van der Waals surface area contributed by atoms with Crippen molar-refractivity contribution < 1.29 is 14.7 Å². The number of amides is 1. The van der Waals surface area contributed by atoms with E-state index in [-0.39, 0.29) is 17.9 Å².